The number of benzene rings is 1. The number of H-pyrrole nitrogens is 1. The molecule has 0 radical (unpaired) electrons. The van der Waals surface area contributed by atoms with Crippen molar-refractivity contribution in [3.63, 3.8) is 0 Å². The predicted molar refractivity (Wildman–Crippen MR) is 127 cm³/mol. The van der Waals surface area contributed by atoms with Gasteiger partial charge in [-0.05, 0) is 39.7 Å². The Labute approximate surface area is 200 Å². The number of rotatable bonds is 6. The minimum Gasteiger partial charge on any atom is -0.363 e. The maximum atomic E-state index is 14.8. The number of hydrogen-bond donors (Lipinski definition) is 2. The molecular weight excluding hydrogens is 457 g/mol. The van der Waals surface area contributed by atoms with Gasteiger partial charge in [0, 0.05) is 18.7 Å². The first-order chi connectivity index (χ1) is 16.8. The summed E-state index contributed by atoms with van der Waals surface area (Å²) in [6.07, 6.45) is -0.754. The molecule has 0 aliphatic carbocycles. The number of halogens is 3. The Bertz CT molecular complexity index is 1380. The van der Waals surface area contributed by atoms with Crippen LogP contribution in [0.3, 0.4) is 0 Å². The van der Waals surface area contributed by atoms with Gasteiger partial charge in [0.15, 0.2) is 11.5 Å². The van der Waals surface area contributed by atoms with Gasteiger partial charge in [0.1, 0.15) is 29.1 Å². The van der Waals surface area contributed by atoms with Crippen LogP contribution >= 0.6 is 0 Å². The van der Waals surface area contributed by atoms with Gasteiger partial charge in [0.25, 0.3) is 6.43 Å². The zero-order valence-corrected chi connectivity index (χ0v) is 19.6. The molecule has 1 aromatic carbocycles. The molecule has 11 heteroatoms. The van der Waals surface area contributed by atoms with Crippen LogP contribution in [-0.2, 0) is 0 Å². The molecule has 1 fully saturated rings. The summed E-state index contributed by atoms with van der Waals surface area (Å²) in [5.41, 5.74) is 0.711. The number of nitrogens with zero attached hydrogens (tertiary/aromatic N) is 6. The summed E-state index contributed by atoms with van der Waals surface area (Å²) in [5.74, 6) is 1.92. The highest BCUT2D eigenvalue weighted by Gasteiger charge is 2.24. The highest BCUT2D eigenvalue weighted by molar-refractivity contribution is 5.93. The number of alkyl halides is 2. The third-order valence-electron chi connectivity index (χ3n) is 6.14. The van der Waals surface area contributed by atoms with Crippen molar-refractivity contribution >= 4 is 22.7 Å². The normalized spacial score (nSPS) is 14.8. The zero-order valence-electron chi connectivity index (χ0n) is 19.6. The van der Waals surface area contributed by atoms with E-state index in [1.165, 1.54) is 12.1 Å². The molecule has 0 unspecified atom stereocenters. The van der Waals surface area contributed by atoms with Crippen molar-refractivity contribution in [1.82, 2.24) is 30.1 Å². The lowest BCUT2D eigenvalue weighted by molar-refractivity contribution is 0.146. The summed E-state index contributed by atoms with van der Waals surface area (Å²) < 4.78 is 41.2. The Morgan fingerprint density at radius 2 is 1.77 bits per heavy atom. The van der Waals surface area contributed by atoms with Crippen LogP contribution in [0.5, 0.6) is 0 Å². The van der Waals surface area contributed by atoms with Crippen LogP contribution < -0.4 is 10.2 Å². The van der Waals surface area contributed by atoms with Gasteiger partial charge in [-0.25, -0.2) is 33.1 Å². The molecule has 0 bridgehead atoms. The SMILES string of the molecule is Cc1nc(N[C@H](C)c2cccc(C(F)F)c2F)c2cc(-c3n[nH]c(C)n3)c(N3CCCC3)nc2n1. The van der Waals surface area contributed by atoms with Gasteiger partial charge in [0.2, 0.25) is 0 Å². The number of pyridine rings is 1. The highest BCUT2D eigenvalue weighted by atomic mass is 19.3. The van der Waals surface area contributed by atoms with Gasteiger partial charge in [-0.3, -0.25) is 5.10 Å². The fourth-order valence-corrected chi connectivity index (χ4v) is 4.42. The molecule has 4 heterocycles. The number of nitrogens with one attached hydrogen (secondary N) is 2. The van der Waals surface area contributed by atoms with Crippen molar-refractivity contribution < 1.29 is 13.2 Å². The van der Waals surface area contributed by atoms with Gasteiger partial charge in [-0.1, -0.05) is 18.2 Å². The van der Waals surface area contributed by atoms with Crippen molar-refractivity contribution in [2.24, 2.45) is 0 Å². The van der Waals surface area contributed by atoms with Gasteiger partial charge in [-0.2, -0.15) is 5.10 Å². The maximum absolute atomic E-state index is 14.8. The van der Waals surface area contributed by atoms with Crippen LogP contribution in [-0.4, -0.2) is 43.2 Å². The second-order valence-corrected chi connectivity index (χ2v) is 8.71. The minimum atomic E-state index is -2.90. The van der Waals surface area contributed by atoms with Gasteiger partial charge >= 0.3 is 0 Å². The second kappa shape index (κ2) is 9.12. The van der Waals surface area contributed by atoms with Crippen LogP contribution in [0.2, 0.25) is 0 Å². The lowest BCUT2D eigenvalue weighted by Gasteiger charge is -2.21. The summed E-state index contributed by atoms with van der Waals surface area (Å²) in [7, 11) is 0. The molecule has 0 amide bonds. The van der Waals surface area contributed by atoms with E-state index in [4.69, 9.17) is 4.98 Å². The van der Waals surface area contributed by atoms with E-state index >= 15 is 0 Å². The third kappa shape index (κ3) is 4.38. The van der Waals surface area contributed by atoms with Crippen LogP contribution in [0, 0.1) is 19.7 Å². The third-order valence-corrected chi connectivity index (χ3v) is 6.14. The van der Waals surface area contributed by atoms with E-state index < -0.39 is 23.8 Å². The van der Waals surface area contributed by atoms with E-state index in [1.807, 2.05) is 13.0 Å². The molecule has 35 heavy (non-hydrogen) atoms. The van der Waals surface area contributed by atoms with Crippen LogP contribution in [0.25, 0.3) is 22.4 Å². The largest absolute Gasteiger partial charge is 0.363 e. The Kier molecular flexibility index (Phi) is 6.00. The number of aryl methyl sites for hydroxylation is 2. The molecule has 8 nitrogen and oxygen atoms in total. The molecule has 2 N–H and O–H groups in total. The van der Waals surface area contributed by atoms with E-state index in [1.54, 1.807) is 13.8 Å². The highest BCUT2D eigenvalue weighted by Crippen LogP contribution is 2.35. The summed E-state index contributed by atoms with van der Waals surface area (Å²) in [6.45, 7) is 7.02. The summed E-state index contributed by atoms with van der Waals surface area (Å²) in [5, 5.41) is 11.0. The van der Waals surface area contributed by atoms with Crippen LogP contribution in [0.1, 0.15) is 55.0 Å². The molecule has 4 aromatic rings. The Morgan fingerprint density at radius 1 is 1.03 bits per heavy atom. The summed E-state index contributed by atoms with van der Waals surface area (Å²) >= 11 is 0. The van der Waals surface area contributed by atoms with Gasteiger partial charge in [0.05, 0.1) is 22.6 Å². The van der Waals surface area contributed by atoms with Crippen molar-refractivity contribution in [1.29, 1.82) is 0 Å². The quantitative estimate of drug-likeness (QED) is 0.386. The predicted octanol–water partition coefficient (Wildman–Crippen LogP) is 5.28. The molecule has 3 aromatic heterocycles. The second-order valence-electron chi connectivity index (χ2n) is 8.71. The van der Waals surface area contributed by atoms with E-state index in [0.717, 1.165) is 43.4 Å². The fourth-order valence-electron chi connectivity index (χ4n) is 4.42. The molecule has 1 atom stereocenters. The number of hydrogen-bond acceptors (Lipinski definition) is 7. The monoisotopic (exact) mass is 482 g/mol. The summed E-state index contributed by atoms with van der Waals surface area (Å²) in [4.78, 5) is 20.6. The average Bonchev–Trinajstić information content (AvgIpc) is 3.50. The number of aromatic nitrogens is 6. The number of anilines is 2. The maximum Gasteiger partial charge on any atom is 0.266 e. The lowest BCUT2D eigenvalue weighted by atomic mass is 10.0. The van der Waals surface area contributed by atoms with Crippen molar-refractivity contribution in [2.75, 3.05) is 23.3 Å². The van der Waals surface area contributed by atoms with Gasteiger partial charge < -0.3 is 10.2 Å². The molecule has 1 aliphatic rings. The molecule has 5 rings (SSSR count). The van der Waals surface area contributed by atoms with E-state index in [-0.39, 0.29) is 5.56 Å². The standard InChI is InChI=1S/C24H25F3N8/c1-12(15-7-6-8-16(19(15)25)20(26)27)28-21-17-11-18(23-31-14(3)33-34-23)24(35-9-4-5-10-35)32-22(17)30-13(2)29-21/h6-8,11-12,20H,4-5,9-10H2,1-3H3,(H,31,33,34)(H,28,29,30,32)/t12-/m1/s1. The average molecular weight is 483 g/mol. The fraction of sp³-hybridized carbons (Fsp3) is 0.375. The molecule has 0 spiro atoms. The molecular formula is C24H25F3N8. The zero-order chi connectivity index (χ0) is 24.7. The topological polar surface area (TPSA) is 95.5 Å². The summed E-state index contributed by atoms with van der Waals surface area (Å²) in [6, 6.07) is 5.25. The first-order valence-corrected chi connectivity index (χ1v) is 11.5. The smallest absolute Gasteiger partial charge is 0.266 e. The molecule has 1 aliphatic heterocycles. The Hall–Kier alpha value is -3.76. The first-order valence-electron chi connectivity index (χ1n) is 11.5. The van der Waals surface area contributed by atoms with Crippen LogP contribution in [0.4, 0.5) is 24.8 Å². The van der Waals surface area contributed by atoms with E-state index in [0.29, 0.717) is 34.3 Å². The first kappa shape index (κ1) is 23.0. The number of fused-ring (bicyclic) bond motifs is 1. The Balaban J connectivity index is 1.62. The molecule has 1 saturated heterocycles. The Morgan fingerprint density at radius 3 is 2.46 bits per heavy atom. The molecule has 0 saturated carbocycles. The van der Waals surface area contributed by atoms with E-state index in [9.17, 15) is 13.2 Å². The lowest BCUT2D eigenvalue weighted by Crippen LogP contribution is -2.20. The van der Waals surface area contributed by atoms with Crippen molar-refractivity contribution in [3.05, 3.63) is 52.9 Å². The van der Waals surface area contributed by atoms with Crippen molar-refractivity contribution in [2.45, 2.75) is 46.1 Å². The van der Waals surface area contributed by atoms with Crippen LogP contribution in [0.15, 0.2) is 24.3 Å². The van der Waals surface area contributed by atoms with E-state index in [2.05, 4.69) is 35.4 Å². The minimum absolute atomic E-state index is 0.124. The number of aromatic amines is 1. The molecule has 182 valence electrons. The van der Waals surface area contributed by atoms with Crippen molar-refractivity contribution in [3.8, 4) is 11.4 Å². The van der Waals surface area contributed by atoms with Gasteiger partial charge in [-0.15, -0.1) is 0 Å².